The number of hydrogen-bond donors (Lipinski definition) is 1. The van der Waals surface area contributed by atoms with Crippen molar-refractivity contribution in [2.75, 3.05) is 12.8 Å². The van der Waals surface area contributed by atoms with E-state index in [4.69, 9.17) is 12.2 Å². The molecule has 1 aromatic heterocycles. The highest BCUT2D eigenvalue weighted by molar-refractivity contribution is 7.98. The third-order valence-electron chi connectivity index (χ3n) is 7.80. The Morgan fingerprint density at radius 1 is 1.11 bits per heavy atom. The van der Waals surface area contributed by atoms with Crippen LogP contribution in [0, 0.1) is 24.7 Å². The number of hydrogen-bond acceptors (Lipinski definition) is 5. The average molecular weight is 526 g/mol. The number of carbonyl (C=O) groups excluding carboxylic acids is 2. The number of ketones is 1. The molecule has 3 nitrogen and oxygen atoms in total. The van der Waals surface area contributed by atoms with Gasteiger partial charge in [-0.1, -0.05) is 24.4 Å². The van der Waals surface area contributed by atoms with E-state index in [0.29, 0.717) is 24.0 Å². The summed E-state index contributed by atoms with van der Waals surface area (Å²) in [5.74, 6) is 1.70. The molecule has 1 aromatic carbocycles. The molecule has 0 saturated heterocycles. The molecule has 0 radical (unpaired) electrons. The number of thiophene rings is 1. The van der Waals surface area contributed by atoms with Crippen molar-refractivity contribution < 1.29 is 9.59 Å². The van der Waals surface area contributed by atoms with E-state index >= 15 is 0 Å². The monoisotopic (exact) mass is 525 g/mol. The molecule has 3 aliphatic rings. The topological polar surface area (TPSA) is 46.2 Å². The molecule has 1 N–H and O–H groups in total. The summed E-state index contributed by atoms with van der Waals surface area (Å²) in [6.07, 6.45) is 11.8. The van der Waals surface area contributed by atoms with Gasteiger partial charge in [-0.25, -0.2) is 0 Å². The minimum Gasteiger partial charge on any atom is -0.352 e. The Hall–Kier alpha value is -1.50. The summed E-state index contributed by atoms with van der Waals surface area (Å²) in [4.78, 5) is 30.7. The van der Waals surface area contributed by atoms with E-state index in [1.54, 1.807) is 23.1 Å². The molecular weight excluding hydrogens is 491 g/mol. The van der Waals surface area contributed by atoms with Crippen molar-refractivity contribution >= 4 is 51.9 Å². The van der Waals surface area contributed by atoms with Gasteiger partial charge in [0.15, 0.2) is 0 Å². The molecule has 0 bridgehead atoms. The number of nitrogens with one attached hydrogen (secondary N) is 1. The minimum absolute atomic E-state index is 0.0423. The number of Topliss-reactive ketones (excluding diaryl/α,β-unsaturated/α-hetero) is 1. The smallest absolute Gasteiger partial charge is 0.252 e. The second kappa shape index (κ2) is 10.9. The summed E-state index contributed by atoms with van der Waals surface area (Å²) in [7, 11) is 0. The highest BCUT2D eigenvalue weighted by Crippen LogP contribution is 2.40. The highest BCUT2D eigenvalue weighted by Gasteiger charge is 2.34. The molecule has 2 aromatic rings. The van der Waals surface area contributed by atoms with Crippen molar-refractivity contribution in [3.05, 3.63) is 50.2 Å². The molecule has 2 saturated carbocycles. The van der Waals surface area contributed by atoms with Crippen LogP contribution in [0.1, 0.15) is 75.3 Å². The zero-order chi connectivity index (χ0) is 24.5. The Labute approximate surface area is 222 Å². The van der Waals surface area contributed by atoms with Crippen LogP contribution in [-0.4, -0.2) is 29.4 Å². The third-order valence-corrected chi connectivity index (χ3v) is 10.3. The van der Waals surface area contributed by atoms with Crippen LogP contribution in [0.4, 0.5) is 0 Å². The minimum atomic E-state index is 0.0423. The van der Waals surface area contributed by atoms with Gasteiger partial charge in [0.25, 0.3) is 5.91 Å². The first-order valence-corrected chi connectivity index (χ1v) is 15.5. The van der Waals surface area contributed by atoms with Crippen molar-refractivity contribution in [3.8, 4) is 0 Å². The Bertz CT molecular complexity index is 1140. The van der Waals surface area contributed by atoms with Gasteiger partial charge in [0.2, 0.25) is 0 Å². The van der Waals surface area contributed by atoms with E-state index < -0.39 is 0 Å². The standard InChI is InChI=1S/C29H35NO2S3/c1-17-21(4-3-5-25(17)34-2)14-22(33)12-19-8-11-26-23(13-19)28(29(32)30-16-18-6-7-18)27(35-26)15-24(31)20-9-10-20/h3-5,18-20H,6-16H2,1-2H3,(H,30,32)/t19-/m1/s1. The molecule has 1 atom stereocenters. The van der Waals surface area contributed by atoms with Crippen LogP contribution in [0.25, 0.3) is 0 Å². The Kier molecular flexibility index (Phi) is 7.81. The molecule has 0 unspecified atom stereocenters. The molecule has 1 amide bonds. The molecule has 3 aliphatic carbocycles. The van der Waals surface area contributed by atoms with Gasteiger partial charge >= 0.3 is 0 Å². The molecule has 2 fully saturated rings. The van der Waals surface area contributed by atoms with E-state index in [2.05, 4.69) is 36.7 Å². The first kappa shape index (κ1) is 25.2. The second-order valence-corrected chi connectivity index (χ2v) is 13.3. The fourth-order valence-corrected chi connectivity index (χ4v) is 7.71. The van der Waals surface area contributed by atoms with Crippen LogP contribution in [-0.2, 0) is 30.5 Å². The maximum absolute atomic E-state index is 13.3. The average Bonchev–Trinajstić information content (AvgIpc) is 3.75. The van der Waals surface area contributed by atoms with E-state index in [-0.39, 0.29) is 11.8 Å². The molecule has 0 spiro atoms. The van der Waals surface area contributed by atoms with Crippen molar-refractivity contribution in [1.29, 1.82) is 0 Å². The summed E-state index contributed by atoms with van der Waals surface area (Å²) in [5.41, 5.74) is 4.71. The van der Waals surface area contributed by atoms with Gasteiger partial charge in [-0.05, 0) is 104 Å². The van der Waals surface area contributed by atoms with Crippen molar-refractivity contribution in [2.24, 2.45) is 17.8 Å². The van der Waals surface area contributed by atoms with Crippen molar-refractivity contribution in [2.45, 2.75) is 76.0 Å². The lowest BCUT2D eigenvalue weighted by Gasteiger charge is -2.24. The van der Waals surface area contributed by atoms with Crippen LogP contribution in [0.3, 0.4) is 0 Å². The summed E-state index contributed by atoms with van der Waals surface area (Å²) in [5, 5.41) is 3.19. The van der Waals surface area contributed by atoms with Gasteiger partial charge in [0.1, 0.15) is 5.78 Å². The SMILES string of the molecule is CSc1cccc(CC(=S)C[C@H]2CCc3sc(CC(=O)C4CC4)c(C(=O)NCC4CC4)c3C2)c1C. The van der Waals surface area contributed by atoms with E-state index in [9.17, 15) is 9.59 Å². The predicted octanol–water partition coefficient (Wildman–Crippen LogP) is 6.55. The Morgan fingerprint density at radius 3 is 2.63 bits per heavy atom. The summed E-state index contributed by atoms with van der Waals surface area (Å²) < 4.78 is 0. The van der Waals surface area contributed by atoms with Gasteiger partial charge in [0, 0.05) is 40.0 Å². The number of benzene rings is 1. The number of aryl methyl sites for hydroxylation is 1. The van der Waals surface area contributed by atoms with Gasteiger partial charge in [-0.3, -0.25) is 9.59 Å². The number of thioether (sulfide) groups is 1. The zero-order valence-corrected chi connectivity index (χ0v) is 23.2. The number of amides is 1. The molecule has 6 heteroatoms. The fourth-order valence-electron chi connectivity index (χ4n) is 5.31. The highest BCUT2D eigenvalue weighted by atomic mass is 32.2. The van der Waals surface area contributed by atoms with Crippen molar-refractivity contribution in [3.63, 3.8) is 0 Å². The van der Waals surface area contributed by atoms with Crippen LogP contribution < -0.4 is 5.32 Å². The molecule has 35 heavy (non-hydrogen) atoms. The number of fused-ring (bicyclic) bond motifs is 1. The van der Waals surface area contributed by atoms with Gasteiger partial charge in [-0.2, -0.15) is 0 Å². The second-order valence-electron chi connectivity index (χ2n) is 10.6. The number of thiocarbonyl (C=S) groups is 1. The largest absolute Gasteiger partial charge is 0.352 e. The fraction of sp³-hybridized carbons (Fsp3) is 0.552. The number of carbonyl (C=O) groups is 2. The van der Waals surface area contributed by atoms with Crippen LogP contribution in [0.5, 0.6) is 0 Å². The lowest BCUT2D eigenvalue weighted by molar-refractivity contribution is -0.119. The zero-order valence-electron chi connectivity index (χ0n) is 20.8. The van der Waals surface area contributed by atoms with E-state index in [0.717, 1.165) is 66.8 Å². The molecular formula is C29H35NO2S3. The first-order chi connectivity index (χ1) is 16.9. The molecule has 0 aliphatic heterocycles. The number of rotatable bonds is 11. The predicted molar refractivity (Wildman–Crippen MR) is 150 cm³/mol. The Balaban J connectivity index is 1.30. The van der Waals surface area contributed by atoms with Crippen LogP contribution in [0.2, 0.25) is 0 Å². The normalized spacial score (nSPS) is 19.3. The lowest BCUT2D eigenvalue weighted by atomic mass is 9.82. The maximum atomic E-state index is 13.3. The van der Waals surface area contributed by atoms with E-state index in [1.165, 1.54) is 39.3 Å². The van der Waals surface area contributed by atoms with E-state index in [1.807, 2.05) is 0 Å². The first-order valence-electron chi connectivity index (χ1n) is 13.0. The maximum Gasteiger partial charge on any atom is 0.252 e. The van der Waals surface area contributed by atoms with Gasteiger partial charge in [-0.15, -0.1) is 23.1 Å². The summed E-state index contributed by atoms with van der Waals surface area (Å²) in [6.45, 7) is 2.96. The van der Waals surface area contributed by atoms with Crippen molar-refractivity contribution in [1.82, 2.24) is 5.32 Å². The quantitative estimate of drug-likeness (QED) is 0.267. The summed E-state index contributed by atoms with van der Waals surface area (Å²) in [6, 6.07) is 6.50. The Morgan fingerprint density at radius 2 is 1.91 bits per heavy atom. The van der Waals surface area contributed by atoms with Gasteiger partial charge < -0.3 is 5.32 Å². The molecule has 186 valence electrons. The van der Waals surface area contributed by atoms with Crippen LogP contribution in [0.15, 0.2) is 23.1 Å². The third kappa shape index (κ3) is 6.08. The molecule has 1 heterocycles. The van der Waals surface area contributed by atoms with Crippen LogP contribution >= 0.6 is 35.3 Å². The summed E-state index contributed by atoms with van der Waals surface area (Å²) >= 11 is 9.40. The molecule has 5 rings (SSSR count). The lowest BCUT2D eigenvalue weighted by Crippen LogP contribution is -2.28. The van der Waals surface area contributed by atoms with Gasteiger partial charge in [0.05, 0.1) is 5.56 Å².